The summed E-state index contributed by atoms with van der Waals surface area (Å²) in [6, 6.07) is -0.372. The summed E-state index contributed by atoms with van der Waals surface area (Å²) in [5, 5.41) is 12.5. The summed E-state index contributed by atoms with van der Waals surface area (Å²) in [4.78, 5) is 12.0. The van der Waals surface area contributed by atoms with Gasteiger partial charge in [0.05, 0.1) is 18.8 Å². The fourth-order valence-electron chi connectivity index (χ4n) is 3.58. The number of nitrogens with one attached hydrogen (secondary N) is 1. The van der Waals surface area contributed by atoms with E-state index in [4.69, 9.17) is 4.74 Å². The first-order valence-corrected chi connectivity index (χ1v) is 12.3. The second kappa shape index (κ2) is 21.8. The van der Waals surface area contributed by atoms with E-state index in [-0.39, 0.29) is 24.7 Å². The summed E-state index contributed by atoms with van der Waals surface area (Å²) in [5.74, 6) is -0.00156. The summed E-state index contributed by atoms with van der Waals surface area (Å²) in [6.07, 6.45) is 23.3. The molecule has 0 aromatic carbocycles. The highest BCUT2D eigenvalue weighted by molar-refractivity contribution is 5.76. The molecule has 0 unspecified atom stereocenters. The Balaban J connectivity index is 3.82. The van der Waals surface area contributed by atoms with Crippen molar-refractivity contribution >= 4 is 5.91 Å². The zero-order valence-electron chi connectivity index (χ0n) is 19.6. The van der Waals surface area contributed by atoms with Crippen LogP contribution in [-0.4, -0.2) is 36.9 Å². The van der Waals surface area contributed by atoms with Crippen LogP contribution in [0.2, 0.25) is 0 Å². The number of methoxy groups -OCH3 is 1. The predicted octanol–water partition coefficient (Wildman–Crippen LogP) is 6.32. The third-order valence-electron chi connectivity index (χ3n) is 5.52. The van der Waals surface area contributed by atoms with Crippen LogP contribution in [0.5, 0.6) is 0 Å². The van der Waals surface area contributed by atoms with Gasteiger partial charge in [0.25, 0.3) is 0 Å². The predicted molar refractivity (Wildman–Crippen MR) is 124 cm³/mol. The number of aliphatic hydroxyl groups excluding tert-OH is 1. The van der Waals surface area contributed by atoms with Crippen molar-refractivity contribution in [2.24, 2.45) is 0 Å². The SMILES string of the molecule is CCCCCCCCCCCCC/C=C/[C@@H](OC)[C@H](CO)NC(=O)CCCCC. The summed E-state index contributed by atoms with van der Waals surface area (Å²) in [5.41, 5.74) is 0. The molecule has 0 aliphatic heterocycles. The molecule has 0 radical (unpaired) electrons. The minimum absolute atomic E-state index is 0.00156. The smallest absolute Gasteiger partial charge is 0.220 e. The van der Waals surface area contributed by atoms with Crippen LogP contribution in [0.3, 0.4) is 0 Å². The third-order valence-corrected chi connectivity index (χ3v) is 5.52. The highest BCUT2D eigenvalue weighted by Crippen LogP contribution is 2.12. The molecule has 172 valence electrons. The number of unbranched alkanes of at least 4 members (excludes halogenated alkanes) is 13. The van der Waals surface area contributed by atoms with E-state index in [1.807, 2.05) is 6.08 Å². The van der Waals surface area contributed by atoms with Gasteiger partial charge in [0, 0.05) is 13.5 Å². The highest BCUT2D eigenvalue weighted by atomic mass is 16.5. The number of hydrogen-bond acceptors (Lipinski definition) is 3. The van der Waals surface area contributed by atoms with Gasteiger partial charge in [0.15, 0.2) is 0 Å². The fraction of sp³-hybridized carbons (Fsp3) is 0.880. The van der Waals surface area contributed by atoms with Crippen LogP contribution in [-0.2, 0) is 9.53 Å². The van der Waals surface area contributed by atoms with Crippen molar-refractivity contribution in [3.63, 3.8) is 0 Å². The van der Waals surface area contributed by atoms with E-state index in [0.29, 0.717) is 6.42 Å². The van der Waals surface area contributed by atoms with Crippen molar-refractivity contribution in [2.45, 2.75) is 129 Å². The average Bonchev–Trinajstić information content (AvgIpc) is 2.73. The largest absolute Gasteiger partial charge is 0.394 e. The van der Waals surface area contributed by atoms with Crippen LogP contribution in [0.1, 0.15) is 117 Å². The van der Waals surface area contributed by atoms with Gasteiger partial charge >= 0.3 is 0 Å². The van der Waals surface area contributed by atoms with Gasteiger partial charge in [-0.3, -0.25) is 4.79 Å². The number of carbonyl (C=O) groups is 1. The average molecular weight is 412 g/mol. The zero-order valence-corrected chi connectivity index (χ0v) is 19.6. The molecule has 4 nitrogen and oxygen atoms in total. The van der Waals surface area contributed by atoms with Gasteiger partial charge in [-0.2, -0.15) is 0 Å². The van der Waals surface area contributed by atoms with Gasteiger partial charge in [0.2, 0.25) is 5.91 Å². The molecule has 2 N–H and O–H groups in total. The lowest BCUT2D eigenvalue weighted by Gasteiger charge is -2.23. The number of ether oxygens (including phenoxy) is 1. The molecule has 0 aliphatic carbocycles. The van der Waals surface area contributed by atoms with Crippen molar-refractivity contribution in [1.29, 1.82) is 0 Å². The van der Waals surface area contributed by atoms with E-state index in [1.165, 1.54) is 70.6 Å². The molecule has 4 heteroatoms. The van der Waals surface area contributed by atoms with Crippen LogP contribution < -0.4 is 5.32 Å². The van der Waals surface area contributed by atoms with E-state index in [2.05, 4.69) is 25.2 Å². The summed E-state index contributed by atoms with van der Waals surface area (Å²) in [6.45, 7) is 4.28. The van der Waals surface area contributed by atoms with Crippen molar-refractivity contribution in [3.05, 3.63) is 12.2 Å². The van der Waals surface area contributed by atoms with Crippen molar-refractivity contribution in [1.82, 2.24) is 5.32 Å². The Morgan fingerprint density at radius 3 is 1.90 bits per heavy atom. The molecule has 0 rings (SSSR count). The molecule has 0 saturated heterocycles. The highest BCUT2D eigenvalue weighted by Gasteiger charge is 2.19. The van der Waals surface area contributed by atoms with Crippen LogP contribution in [0, 0.1) is 0 Å². The summed E-state index contributed by atoms with van der Waals surface area (Å²) >= 11 is 0. The van der Waals surface area contributed by atoms with E-state index >= 15 is 0 Å². The number of aliphatic hydroxyl groups is 1. The van der Waals surface area contributed by atoms with Gasteiger partial charge in [-0.25, -0.2) is 0 Å². The lowest BCUT2D eigenvalue weighted by atomic mass is 10.0. The normalized spacial score (nSPS) is 13.7. The molecule has 0 aliphatic rings. The third kappa shape index (κ3) is 17.7. The van der Waals surface area contributed by atoms with Gasteiger partial charge in [-0.15, -0.1) is 0 Å². The molecule has 2 atom stereocenters. The van der Waals surface area contributed by atoms with Crippen LogP contribution in [0.15, 0.2) is 12.2 Å². The van der Waals surface area contributed by atoms with E-state index in [1.54, 1.807) is 7.11 Å². The maximum absolute atomic E-state index is 12.0. The van der Waals surface area contributed by atoms with Crippen molar-refractivity contribution in [3.8, 4) is 0 Å². The van der Waals surface area contributed by atoms with Crippen LogP contribution >= 0.6 is 0 Å². The number of hydrogen-bond donors (Lipinski definition) is 2. The van der Waals surface area contributed by atoms with Gasteiger partial charge in [-0.05, 0) is 19.3 Å². The first-order valence-electron chi connectivity index (χ1n) is 12.3. The van der Waals surface area contributed by atoms with Gasteiger partial charge < -0.3 is 15.2 Å². The minimum Gasteiger partial charge on any atom is -0.394 e. The molecule has 0 fully saturated rings. The number of allylic oxidation sites excluding steroid dienone is 1. The lowest BCUT2D eigenvalue weighted by Crippen LogP contribution is -2.45. The molecular formula is C25H49NO3. The maximum Gasteiger partial charge on any atom is 0.220 e. The standard InChI is InChI=1S/C25H49NO3/c1-4-6-8-9-10-11-12-13-14-15-16-17-19-20-24(29-3)23(22-27)26-25(28)21-18-7-5-2/h19-20,23-24,27H,4-18,21-22H2,1-3H3,(H,26,28)/b20-19+/t23-,24+/m0/s1. The molecule has 0 bridgehead atoms. The summed E-state index contributed by atoms with van der Waals surface area (Å²) < 4.78 is 5.48. The Hall–Kier alpha value is -0.870. The van der Waals surface area contributed by atoms with Gasteiger partial charge in [0.1, 0.15) is 0 Å². The van der Waals surface area contributed by atoms with E-state index < -0.39 is 0 Å². The number of amides is 1. The maximum atomic E-state index is 12.0. The van der Waals surface area contributed by atoms with Crippen molar-refractivity contribution < 1.29 is 14.6 Å². The number of carbonyl (C=O) groups excluding carboxylic acids is 1. The quantitative estimate of drug-likeness (QED) is 0.172. The molecule has 29 heavy (non-hydrogen) atoms. The van der Waals surface area contributed by atoms with E-state index in [9.17, 15) is 9.90 Å². The molecule has 1 amide bonds. The second-order valence-electron chi connectivity index (χ2n) is 8.27. The Labute approximate surface area is 180 Å². The molecule has 0 heterocycles. The van der Waals surface area contributed by atoms with Crippen molar-refractivity contribution in [2.75, 3.05) is 13.7 Å². The lowest BCUT2D eigenvalue weighted by molar-refractivity contribution is -0.123. The Morgan fingerprint density at radius 1 is 0.862 bits per heavy atom. The molecule has 0 saturated carbocycles. The Bertz CT molecular complexity index is 384. The zero-order chi connectivity index (χ0) is 21.6. The monoisotopic (exact) mass is 411 g/mol. The summed E-state index contributed by atoms with van der Waals surface area (Å²) in [7, 11) is 1.63. The van der Waals surface area contributed by atoms with Gasteiger partial charge in [-0.1, -0.05) is 103 Å². The molecular weight excluding hydrogens is 362 g/mol. The first kappa shape index (κ1) is 28.1. The minimum atomic E-state index is -0.372. The van der Waals surface area contributed by atoms with Crippen LogP contribution in [0.25, 0.3) is 0 Å². The Kier molecular flexibility index (Phi) is 21.2. The van der Waals surface area contributed by atoms with E-state index in [0.717, 1.165) is 25.7 Å². The molecule has 0 aromatic rings. The Morgan fingerprint density at radius 2 is 1.38 bits per heavy atom. The molecule has 0 aromatic heterocycles. The fourth-order valence-corrected chi connectivity index (χ4v) is 3.58. The molecule has 0 spiro atoms. The second-order valence-corrected chi connectivity index (χ2v) is 8.27. The topological polar surface area (TPSA) is 58.6 Å². The first-order chi connectivity index (χ1) is 14.2. The number of rotatable bonds is 21. The van der Waals surface area contributed by atoms with Crippen LogP contribution in [0.4, 0.5) is 0 Å².